The minimum Gasteiger partial charge on any atom is -0.493 e. The number of carbonyl (C=O) groups excluding carboxylic acids is 2. The molecule has 0 saturated carbocycles. The van der Waals surface area contributed by atoms with E-state index < -0.39 is 24.5 Å². The third-order valence-electron chi connectivity index (χ3n) is 5.32. The Morgan fingerprint density at radius 2 is 1.94 bits per heavy atom. The molecular weight excluding hydrogens is 478 g/mol. The number of hydrogen-bond donors (Lipinski definition) is 1. The Balaban J connectivity index is 1.56. The van der Waals surface area contributed by atoms with Gasteiger partial charge in [0.15, 0.2) is 18.1 Å². The SMILES string of the molecule is COc1ccc([C@@H]2CC(c3cccs3)=NN2C(=O)COC(=O)c2ccc(Cl)c(N)c2)cc1OC. The molecule has 0 fully saturated rings. The number of methoxy groups -OCH3 is 2. The number of hydrazone groups is 1. The zero-order valence-electron chi connectivity index (χ0n) is 18.5. The zero-order chi connectivity index (χ0) is 24.2. The molecule has 1 aromatic heterocycles. The van der Waals surface area contributed by atoms with Crippen molar-refractivity contribution in [3.8, 4) is 11.5 Å². The summed E-state index contributed by atoms with van der Waals surface area (Å²) in [5.41, 5.74) is 7.80. The number of carbonyl (C=O) groups is 2. The number of ether oxygens (including phenoxy) is 3. The fourth-order valence-corrected chi connectivity index (χ4v) is 4.44. The zero-order valence-corrected chi connectivity index (χ0v) is 20.1. The lowest BCUT2D eigenvalue weighted by Crippen LogP contribution is -2.31. The molecule has 0 radical (unpaired) electrons. The second kappa shape index (κ2) is 10.1. The number of benzene rings is 2. The first-order valence-electron chi connectivity index (χ1n) is 10.3. The first-order chi connectivity index (χ1) is 16.4. The van der Waals surface area contributed by atoms with Gasteiger partial charge in [-0.25, -0.2) is 9.80 Å². The normalized spacial score (nSPS) is 15.1. The van der Waals surface area contributed by atoms with Crippen LogP contribution in [0.2, 0.25) is 5.02 Å². The Kier molecular flexibility index (Phi) is 7.04. The van der Waals surface area contributed by atoms with Gasteiger partial charge in [-0.3, -0.25) is 4.79 Å². The summed E-state index contributed by atoms with van der Waals surface area (Å²) < 4.78 is 16.0. The van der Waals surface area contributed by atoms with Crippen molar-refractivity contribution in [1.29, 1.82) is 0 Å². The standard InChI is InChI=1S/C24H22ClN3O5S/c1-31-20-8-6-14(11-21(20)32-2)19-12-18(22-4-3-9-34-22)27-28(19)23(29)13-33-24(30)15-5-7-16(25)17(26)10-15/h3-11,19H,12-13,26H2,1-2H3/t19-/m0/s1. The molecule has 1 amide bonds. The van der Waals surface area contributed by atoms with Gasteiger partial charge in [-0.2, -0.15) is 5.10 Å². The van der Waals surface area contributed by atoms with Crippen molar-refractivity contribution < 1.29 is 23.8 Å². The van der Waals surface area contributed by atoms with Gasteiger partial charge >= 0.3 is 5.97 Å². The molecule has 176 valence electrons. The van der Waals surface area contributed by atoms with E-state index in [1.54, 1.807) is 31.6 Å². The number of nitrogens with two attached hydrogens (primary N) is 1. The van der Waals surface area contributed by atoms with Crippen molar-refractivity contribution in [1.82, 2.24) is 5.01 Å². The fourth-order valence-electron chi connectivity index (χ4n) is 3.60. The van der Waals surface area contributed by atoms with Crippen molar-refractivity contribution in [3.63, 3.8) is 0 Å². The van der Waals surface area contributed by atoms with E-state index in [0.717, 1.165) is 16.2 Å². The quantitative estimate of drug-likeness (QED) is 0.378. The summed E-state index contributed by atoms with van der Waals surface area (Å²) in [6.07, 6.45) is 0.503. The van der Waals surface area contributed by atoms with Gasteiger partial charge < -0.3 is 19.9 Å². The van der Waals surface area contributed by atoms with Gasteiger partial charge in [0.1, 0.15) is 0 Å². The highest BCUT2D eigenvalue weighted by Gasteiger charge is 2.34. The maximum absolute atomic E-state index is 13.1. The monoisotopic (exact) mass is 499 g/mol. The average molecular weight is 500 g/mol. The largest absolute Gasteiger partial charge is 0.493 e. The second-order valence-electron chi connectivity index (χ2n) is 7.41. The number of nitrogens with zero attached hydrogens (tertiary/aromatic N) is 2. The van der Waals surface area contributed by atoms with Crippen LogP contribution in [-0.4, -0.2) is 43.4 Å². The molecule has 3 aromatic rings. The van der Waals surface area contributed by atoms with Crippen LogP contribution in [-0.2, 0) is 9.53 Å². The number of rotatable bonds is 7. The van der Waals surface area contributed by atoms with Gasteiger partial charge in [0.25, 0.3) is 5.91 Å². The van der Waals surface area contributed by atoms with Crippen LogP contribution < -0.4 is 15.2 Å². The van der Waals surface area contributed by atoms with Crippen molar-refractivity contribution in [3.05, 3.63) is 74.9 Å². The molecule has 0 unspecified atom stereocenters. The van der Waals surface area contributed by atoms with Crippen LogP contribution in [0.1, 0.15) is 33.3 Å². The lowest BCUT2D eigenvalue weighted by atomic mass is 10.0. The summed E-state index contributed by atoms with van der Waals surface area (Å²) in [6.45, 7) is -0.480. The van der Waals surface area contributed by atoms with E-state index in [-0.39, 0.29) is 11.3 Å². The summed E-state index contributed by atoms with van der Waals surface area (Å²) in [5, 5.41) is 8.22. The molecule has 2 aromatic carbocycles. The molecule has 1 aliphatic rings. The predicted molar refractivity (Wildman–Crippen MR) is 131 cm³/mol. The van der Waals surface area contributed by atoms with Crippen LogP contribution in [0.5, 0.6) is 11.5 Å². The number of esters is 1. The average Bonchev–Trinajstić information content (AvgIpc) is 3.54. The van der Waals surface area contributed by atoms with E-state index in [2.05, 4.69) is 5.10 Å². The number of anilines is 1. The van der Waals surface area contributed by atoms with E-state index in [4.69, 9.17) is 31.5 Å². The third-order valence-corrected chi connectivity index (χ3v) is 6.59. The van der Waals surface area contributed by atoms with Crippen LogP contribution in [0.4, 0.5) is 5.69 Å². The van der Waals surface area contributed by atoms with Crippen molar-refractivity contribution in [2.45, 2.75) is 12.5 Å². The molecule has 4 rings (SSSR count). The van der Waals surface area contributed by atoms with Crippen LogP contribution in [0.3, 0.4) is 0 Å². The first-order valence-corrected chi connectivity index (χ1v) is 11.5. The Hall–Kier alpha value is -3.56. The summed E-state index contributed by atoms with van der Waals surface area (Å²) in [4.78, 5) is 26.5. The summed E-state index contributed by atoms with van der Waals surface area (Å²) in [6, 6.07) is 13.3. The van der Waals surface area contributed by atoms with Crippen molar-refractivity contribution in [2.24, 2.45) is 5.10 Å². The molecule has 0 bridgehead atoms. The maximum Gasteiger partial charge on any atom is 0.338 e. The third kappa shape index (κ3) is 4.85. The molecule has 2 heterocycles. The summed E-state index contributed by atoms with van der Waals surface area (Å²) in [7, 11) is 3.11. The van der Waals surface area contributed by atoms with Gasteiger partial charge in [-0.05, 0) is 47.3 Å². The van der Waals surface area contributed by atoms with Gasteiger partial charge in [0.2, 0.25) is 0 Å². The summed E-state index contributed by atoms with van der Waals surface area (Å²) in [5.74, 6) is -0.0101. The number of thiophene rings is 1. The highest BCUT2D eigenvalue weighted by atomic mass is 35.5. The minimum atomic E-state index is -0.680. The second-order valence-corrected chi connectivity index (χ2v) is 8.76. The molecule has 0 saturated heterocycles. The minimum absolute atomic E-state index is 0.204. The highest BCUT2D eigenvalue weighted by Crippen LogP contribution is 2.38. The van der Waals surface area contributed by atoms with Crippen LogP contribution in [0.15, 0.2) is 59.0 Å². The lowest BCUT2D eigenvalue weighted by Gasteiger charge is -2.22. The van der Waals surface area contributed by atoms with E-state index in [0.29, 0.717) is 22.9 Å². The molecule has 34 heavy (non-hydrogen) atoms. The Morgan fingerprint density at radius 3 is 2.62 bits per heavy atom. The molecular formula is C24H22ClN3O5S. The fraction of sp³-hybridized carbons (Fsp3) is 0.208. The van der Waals surface area contributed by atoms with E-state index in [9.17, 15) is 9.59 Å². The van der Waals surface area contributed by atoms with Crippen LogP contribution >= 0.6 is 22.9 Å². The van der Waals surface area contributed by atoms with Gasteiger partial charge in [-0.15, -0.1) is 11.3 Å². The molecule has 2 N–H and O–H groups in total. The van der Waals surface area contributed by atoms with E-state index in [1.807, 2.05) is 29.6 Å². The van der Waals surface area contributed by atoms with Gasteiger partial charge in [-0.1, -0.05) is 23.7 Å². The summed E-state index contributed by atoms with van der Waals surface area (Å²) >= 11 is 7.44. The molecule has 8 nitrogen and oxygen atoms in total. The molecule has 1 aliphatic heterocycles. The van der Waals surface area contributed by atoms with E-state index in [1.165, 1.54) is 23.2 Å². The van der Waals surface area contributed by atoms with Gasteiger partial charge in [0.05, 0.1) is 47.1 Å². The molecule has 0 aliphatic carbocycles. The number of hydrogen-bond acceptors (Lipinski definition) is 8. The van der Waals surface area contributed by atoms with Crippen molar-refractivity contribution >= 4 is 46.2 Å². The lowest BCUT2D eigenvalue weighted by molar-refractivity contribution is -0.136. The molecule has 10 heteroatoms. The molecule has 1 atom stereocenters. The van der Waals surface area contributed by atoms with E-state index >= 15 is 0 Å². The topological polar surface area (TPSA) is 103 Å². The van der Waals surface area contributed by atoms with Crippen LogP contribution in [0.25, 0.3) is 0 Å². The molecule has 0 spiro atoms. The predicted octanol–water partition coefficient (Wildman–Crippen LogP) is 4.54. The number of amides is 1. The first kappa shape index (κ1) is 23.6. The maximum atomic E-state index is 13.1. The van der Waals surface area contributed by atoms with Crippen LogP contribution in [0, 0.1) is 0 Å². The number of nitrogen functional groups attached to an aromatic ring is 1. The highest BCUT2D eigenvalue weighted by molar-refractivity contribution is 7.12. The smallest absolute Gasteiger partial charge is 0.338 e. The van der Waals surface area contributed by atoms with Gasteiger partial charge in [0, 0.05) is 6.42 Å². The Labute approximate surface area is 205 Å². The number of halogens is 1. The Morgan fingerprint density at radius 1 is 1.15 bits per heavy atom. The van der Waals surface area contributed by atoms with Crippen molar-refractivity contribution in [2.75, 3.05) is 26.6 Å². The Bertz CT molecular complexity index is 1250.